The first-order valence-electron chi connectivity index (χ1n) is 10.6. The molecule has 2 aliphatic rings. The van der Waals surface area contributed by atoms with Crippen LogP contribution >= 0.6 is 24.0 Å². The number of benzene rings is 1. The van der Waals surface area contributed by atoms with Gasteiger partial charge in [0.05, 0.1) is 20.8 Å². The van der Waals surface area contributed by atoms with E-state index in [-0.39, 0.29) is 36.1 Å². The molecule has 182 valence electrons. The molecule has 1 aromatic carbocycles. The maximum Gasteiger partial charge on any atom is 0.401 e. The number of rotatable bonds is 7. The minimum atomic E-state index is -4.16. The smallest absolute Gasteiger partial charge is 0.401 e. The van der Waals surface area contributed by atoms with Gasteiger partial charge in [0.25, 0.3) is 0 Å². The van der Waals surface area contributed by atoms with E-state index >= 15 is 0 Å². The lowest BCUT2D eigenvalue weighted by molar-refractivity contribution is -0.143. The van der Waals surface area contributed by atoms with Gasteiger partial charge in [0, 0.05) is 68.7 Å². The van der Waals surface area contributed by atoms with E-state index in [0.717, 1.165) is 36.7 Å². The Kier molecular flexibility index (Phi) is 9.99. The van der Waals surface area contributed by atoms with Crippen LogP contribution in [-0.4, -0.2) is 82.6 Å². The monoisotopic (exact) mass is 571 g/mol. The molecule has 0 saturated carbocycles. The van der Waals surface area contributed by atoms with E-state index < -0.39 is 12.7 Å². The van der Waals surface area contributed by atoms with Gasteiger partial charge in [0.2, 0.25) is 0 Å². The van der Waals surface area contributed by atoms with E-state index in [1.807, 2.05) is 25.1 Å². The summed E-state index contributed by atoms with van der Waals surface area (Å²) < 4.78 is 48.7. The summed E-state index contributed by atoms with van der Waals surface area (Å²) in [6.07, 6.45) is -2.57. The molecule has 2 unspecified atom stereocenters. The average molecular weight is 571 g/mol. The lowest BCUT2D eigenvalue weighted by atomic mass is 10.2. The fraction of sp³-hybridized carbons (Fsp3) is 0.667. The summed E-state index contributed by atoms with van der Waals surface area (Å²) >= 11 is 0. The molecule has 2 atom stereocenters. The van der Waals surface area contributed by atoms with Crippen LogP contribution in [0, 0.1) is 0 Å². The van der Waals surface area contributed by atoms with Crippen molar-refractivity contribution in [3.63, 3.8) is 0 Å². The largest absolute Gasteiger partial charge is 0.497 e. The molecule has 0 spiro atoms. The SMILES string of the molecule is CCN=C(NC1CCN(CC(F)(F)F)C1)NC1CCN(c2cc(OC)cc(OC)c2)C1.I. The summed E-state index contributed by atoms with van der Waals surface area (Å²) in [5, 5.41) is 6.78. The van der Waals surface area contributed by atoms with E-state index in [1.165, 1.54) is 4.90 Å². The van der Waals surface area contributed by atoms with Crippen molar-refractivity contribution in [3.8, 4) is 11.5 Å². The number of likely N-dealkylation sites (tertiary alicyclic amines) is 1. The van der Waals surface area contributed by atoms with Crippen molar-refractivity contribution in [1.29, 1.82) is 0 Å². The molecule has 0 bridgehead atoms. The van der Waals surface area contributed by atoms with Gasteiger partial charge in [0.15, 0.2) is 5.96 Å². The van der Waals surface area contributed by atoms with Crippen molar-refractivity contribution >= 4 is 35.6 Å². The number of hydrogen-bond donors (Lipinski definition) is 2. The Morgan fingerprint density at radius 3 is 2.19 bits per heavy atom. The molecule has 32 heavy (non-hydrogen) atoms. The zero-order valence-electron chi connectivity index (χ0n) is 18.7. The van der Waals surface area contributed by atoms with Gasteiger partial charge in [-0.25, -0.2) is 0 Å². The van der Waals surface area contributed by atoms with Crippen LogP contribution in [0.3, 0.4) is 0 Å². The minimum Gasteiger partial charge on any atom is -0.497 e. The number of nitrogens with one attached hydrogen (secondary N) is 2. The lowest BCUT2D eigenvalue weighted by Gasteiger charge is -2.23. The number of nitrogens with zero attached hydrogens (tertiary/aromatic N) is 3. The van der Waals surface area contributed by atoms with Crippen molar-refractivity contribution in [2.24, 2.45) is 4.99 Å². The zero-order chi connectivity index (χ0) is 22.4. The summed E-state index contributed by atoms with van der Waals surface area (Å²) in [5.41, 5.74) is 1.03. The van der Waals surface area contributed by atoms with Crippen molar-refractivity contribution in [1.82, 2.24) is 15.5 Å². The van der Waals surface area contributed by atoms with Gasteiger partial charge in [0.1, 0.15) is 11.5 Å². The third kappa shape index (κ3) is 7.75. The van der Waals surface area contributed by atoms with Crippen LogP contribution in [0.1, 0.15) is 19.8 Å². The van der Waals surface area contributed by atoms with Crippen LogP contribution < -0.4 is 25.0 Å². The van der Waals surface area contributed by atoms with Crippen molar-refractivity contribution in [2.45, 2.75) is 38.0 Å². The fourth-order valence-electron chi connectivity index (χ4n) is 4.11. The quantitative estimate of drug-likeness (QED) is 0.298. The van der Waals surface area contributed by atoms with Gasteiger partial charge in [-0.3, -0.25) is 9.89 Å². The predicted octanol–water partition coefficient (Wildman–Crippen LogP) is 3.09. The highest BCUT2D eigenvalue weighted by Gasteiger charge is 2.34. The number of ether oxygens (including phenoxy) is 2. The van der Waals surface area contributed by atoms with Gasteiger partial charge in [-0.15, -0.1) is 24.0 Å². The van der Waals surface area contributed by atoms with Gasteiger partial charge in [-0.05, 0) is 19.8 Å². The van der Waals surface area contributed by atoms with Crippen LogP contribution in [0.25, 0.3) is 0 Å². The first-order valence-corrected chi connectivity index (χ1v) is 10.6. The number of methoxy groups -OCH3 is 2. The molecule has 0 aliphatic carbocycles. The fourth-order valence-corrected chi connectivity index (χ4v) is 4.11. The van der Waals surface area contributed by atoms with Crippen LogP contribution in [0.5, 0.6) is 11.5 Å². The van der Waals surface area contributed by atoms with Gasteiger partial charge < -0.3 is 25.0 Å². The van der Waals surface area contributed by atoms with Crippen LogP contribution in [0.2, 0.25) is 0 Å². The van der Waals surface area contributed by atoms with Crippen molar-refractivity contribution in [2.75, 3.05) is 58.4 Å². The van der Waals surface area contributed by atoms with Gasteiger partial charge in [-0.1, -0.05) is 0 Å². The van der Waals surface area contributed by atoms with Crippen molar-refractivity contribution < 1.29 is 22.6 Å². The first-order chi connectivity index (χ1) is 14.8. The summed E-state index contributed by atoms with van der Waals surface area (Å²) in [6, 6.07) is 5.95. The number of halogens is 4. The summed E-state index contributed by atoms with van der Waals surface area (Å²) in [4.78, 5) is 8.19. The number of alkyl halides is 3. The predicted molar refractivity (Wildman–Crippen MR) is 131 cm³/mol. The molecule has 1 aromatic rings. The Bertz CT molecular complexity index is 743. The van der Waals surface area contributed by atoms with E-state index in [9.17, 15) is 13.2 Å². The van der Waals surface area contributed by atoms with Crippen molar-refractivity contribution in [3.05, 3.63) is 18.2 Å². The topological polar surface area (TPSA) is 61.4 Å². The molecule has 2 N–H and O–H groups in total. The van der Waals surface area contributed by atoms with E-state index in [2.05, 4.69) is 20.5 Å². The molecular formula is C21H33F3IN5O2. The number of hydrogen-bond acceptors (Lipinski definition) is 5. The molecule has 11 heteroatoms. The normalized spacial score (nSPS) is 21.9. The molecule has 3 rings (SSSR count). The highest BCUT2D eigenvalue weighted by atomic mass is 127. The molecular weight excluding hydrogens is 538 g/mol. The first kappa shape index (κ1) is 26.6. The number of anilines is 1. The maximum absolute atomic E-state index is 12.6. The Morgan fingerprint density at radius 2 is 1.62 bits per heavy atom. The maximum atomic E-state index is 12.6. The Balaban J connectivity index is 0.00000363. The molecule has 0 radical (unpaired) electrons. The van der Waals surface area contributed by atoms with E-state index in [0.29, 0.717) is 32.0 Å². The highest BCUT2D eigenvalue weighted by molar-refractivity contribution is 14.0. The molecule has 7 nitrogen and oxygen atoms in total. The summed E-state index contributed by atoms with van der Waals surface area (Å²) in [6.45, 7) is 4.13. The number of guanidine groups is 1. The Labute approximate surface area is 204 Å². The van der Waals surface area contributed by atoms with E-state index in [4.69, 9.17) is 9.47 Å². The molecule has 2 saturated heterocycles. The van der Waals surface area contributed by atoms with Gasteiger partial charge >= 0.3 is 6.18 Å². The number of aliphatic imine (C=N–C) groups is 1. The Morgan fingerprint density at radius 1 is 1.03 bits per heavy atom. The average Bonchev–Trinajstić information content (AvgIpc) is 3.36. The van der Waals surface area contributed by atoms with Gasteiger partial charge in [-0.2, -0.15) is 13.2 Å². The van der Waals surface area contributed by atoms with Crippen LogP contribution in [-0.2, 0) is 0 Å². The zero-order valence-corrected chi connectivity index (χ0v) is 21.1. The highest BCUT2D eigenvalue weighted by Crippen LogP contribution is 2.30. The second kappa shape index (κ2) is 12.0. The minimum absolute atomic E-state index is 0. The Hall–Kier alpha value is -1.63. The molecule has 2 aliphatic heterocycles. The molecule has 2 heterocycles. The second-order valence-corrected chi connectivity index (χ2v) is 7.95. The lowest BCUT2D eigenvalue weighted by Crippen LogP contribution is -2.49. The summed E-state index contributed by atoms with van der Waals surface area (Å²) in [7, 11) is 3.26. The molecule has 0 aromatic heterocycles. The second-order valence-electron chi connectivity index (χ2n) is 7.95. The van der Waals surface area contributed by atoms with Crippen LogP contribution in [0.15, 0.2) is 23.2 Å². The standard InChI is InChI=1S/C21H32F3N5O2.HI/c1-4-25-20(26-15-5-7-28(12-15)14-21(22,23)24)27-16-6-8-29(13-16)17-9-18(30-2)11-19(10-17)31-3;/h9-11,15-16H,4-8,12-14H2,1-3H3,(H2,25,26,27);1H. The van der Waals surface area contributed by atoms with E-state index in [1.54, 1.807) is 14.2 Å². The third-order valence-corrected chi connectivity index (χ3v) is 5.56. The molecule has 0 amide bonds. The van der Waals surface area contributed by atoms with Crippen LogP contribution in [0.4, 0.5) is 18.9 Å². The third-order valence-electron chi connectivity index (χ3n) is 5.56. The molecule has 2 fully saturated rings. The summed E-state index contributed by atoms with van der Waals surface area (Å²) in [5.74, 6) is 2.15.